The number of ether oxygens (including phenoxy) is 4. The van der Waals surface area contributed by atoms with Gasteiger partial charge in [-0.2, -0.15) is 0 Å². The number of hydrogen-bond donors (Lipinski definition) is 3. The van der Waals surface area contributed by atoms with E-state index >= 15 is 0 Å². The zero-order valence-electron chi connectivity index (χ0n) is 55.6. The highest BCUT2D eigenvalue weighted by atomic mass is 31.2. The SMILES string of the molecule is CCCCCC/C=C\C=C/CCCCCCCC(=O)O[C@H](COC(=O)CCCCCCCCCCCCCC(C)C)COP(=O)(O)OC[C@@H](O)COP(=O)(O)OC[C@@H](COC(=O)CCCCCCC)OC(=O)CCCCCCCCCCCCCCC. The lowest BCUT2D eigenvalue weighted by molar-refractivity contribution is -0.161. The number of rotatable bonds is 66. The van der Waals surface area contributed by atoms with Gasteiger partial charge in [-0.05, 0) is 57.3 Å². The summed E-state index contributed by atoms with van der Waals surface area (Å²) in [6, 6.07) is 0. The monoisotopic (exact) mass is 1280 g/mol. The van der Waals surface area contributed by atoms with E-state index in [2.05, 4.69) is 58.9 Å². The van der Waals surface area contributed by atoms with E-state index in [-0.39, 0.29) is 25.7 Å². The van der Waals surface area contributed by atoms with Gasteiger partial charge >= 0.3 is 39.5 Å². The van der Waals surface area contributed by atoms with Crippen molar-refractivity contribution in [3.05, 3.63) is 24.3 Å². The van der Waals surface area contributed by atoms with Gasteiger partial charge in [0, 0.05) is 25.7 Å². The van der Waals surface area contributed by atoms with Crippen LogP contribution in [0.5, 0.6) is 0 Å². The van der Waals surface area contributed by atoms with Crippen molar-refractivity contribution < 1.29 is 80.2 Å². The summed E-state index contributed by atoms with van der Waals surface area (Å²) in [7, 11) is -9.90. The molecule has 17 nitrogen and oxygen atoms in total. The number of esters is 4. The Morgan fingerprint density at radius 2 is 0.621 bits per heavy atom. The highest BCUT2D eigenvalue weighted by molar-refractivity contribution is 7.47. The first-order chi connectivity index (χ1) is 42.0. The van der Waals surface area contributed by atoms with Crippen LogP contribution in [0.4, 0.5) is 0 Å². The van der Waals surface area contributed by atoms with Gasteiger partial charge in [0.05, 0.1) is 26.4 Å². The van der Waals surface area contributed by atoms with Gasteiger partial charge in [0.25, 0.3) is 0 Å². The Bertz CT molecular complexity index is 1780. The first-order valence-electron chi connectivity index (χ1n) is 35.0. The third-order valence-corrected chi connectivity index (χ3v) is 17.1. The van der Waals surface area contributed by atoms with Crippen LogP contribution < -0.4 is 0 Å². The van der Waals surface area contributed by atoms with Gasteiger partial charge in [0.1, 0.15) is 19.3 Å². The lowest BCUT2D eigenvalue weighted by atomic mass is 10.0. The molecule has 5 atom stereocenters. The van der Waals surface area contributed by atoms with Crippen LogP contribution in [0.25, 0.3) is 0 Å². The molecule has 0 saturated heterocycles. The molecule has 0 spiro atoms. The zero-order chi connectivity index (χ0) is 64.2. The molecular formula is C68H128O17P2. The molecule has 0 amide bonds. The van der Waals surface area contributed by atoms with Crippen LogP contribution in [-0.4, -0.2) is 96.7 Å². The number of phosphoric acid groups is 2. The van der Waals surface area contributed by atoms with E-state index in [0.717, 1.165) is 115 Å². The maximum atomic E-state index is 13.0. The number of aliphatic hydroxyl groups is 1. The van der Waals surface area contributed by atoms with Crippen molar-refractivity contribution in [1.82, 2.24) is 0 Å². The highest BCUT2D eigenvalue weighted by Crippen LogP contribution is 2.45. The minimum absolute atomic E-state index is 0.0850. The maximum Gasteiger partial charge on any atom is 0.472 e. The third kappa shape index (κ3) is 62.1. The van der Waals surface area contributed by atoms with E-state index < -0.39 is 97.5 Å². The third-order valence-electron chi connectivity index (χ3n) is 15.2. The van der Waals surface area contributed by atoms with E-state index in [4.69, 9.17) is 37.0 Å². The van der Waals surface area contributed by atoms with Crippen molar-refractivity contribution in [1.29, 1.82) is 0 Å². The molecule has 0 aliphatic carbocycles. The highest BCUT2D eigenvalue weighted by Gasteiger charge is 2.30. The minimum atomic E-state index is -4.96. The predicted molar refractivity (Wildman–Crippen MR) is 349 cm³/mol. The summed E-state index contributed by atoms with van der Waals surface area (Å²) in [5.74, 6) is -1.40. The fourth-order valence-electron chi connectivity index (χ4n) is 9.75. The summed E-state index contributed by atoms with van der Waals surface area (Å²) in [4.78, 5) is 72.2. The average molecular weight is 1280 g/mol. The standard InChI is InChI=1S/C68H128O17P2/c1-6-9-12-15-17-19-21-23-24-26-30-35-39-44-49-54-68(73)85-64(58-79-66(71)52-47-42-37-33-31-27-28-32-36-41-45-50-61(4)5)60-83-87(76,77)81-56-62(69)55-80-86(74,75)82-59-63(57-78-65(70)51-46-40-14-11-8-3)84-67(72)53-48-43-38-34-29-25-22-20-18-16-13-10-7-2/h19,21,23-24,61-64,69H,6-18,20,22,25-60H2,1-5H3,(H,74,75)(H,76,77)/b21-19-,24-23-/t62-,63+,64+/m0/s1. The molecule has 19 heteroatoms. The summed E-state index contributed by atoms with van der Waals surface area (Å²) in [6.45, 7) is 7.08. The molecule has 0 aliphatic rings. The second kappa shape index (κ2) is 61.1. The Kier molecular flexibility index (Phi) is 59.3. The van der Waals surface area contributed by atoms with Crippen LogP contribution in [0.3, 0.4) is 0 Å². The van der Waals surface area contributed by atoms with Gasteiger partial charge in [-0.1, -0.05) is 271 Å². The first-order valence-corrected chi connectivity index (χ1v) is 37.9. The lowest BCUT2D eigenvalue weighted by Crippen LogP contribution is -2.30. The van der Waals surface area contributed by atoms with Gasteiger partial charge in [-0.3, -0.25) is 37.3 Å². The number of carbonyl (C=O) groups is 4. The van der Waals surface area contributed by atoms with Crippen LogP contribution in [0.15, 0.2) is 24.3 Å². The lowest BCUT2D eigenvalue weighted by Gasteiger charge is -2.21. The topological polar surface area (TPSA) is 237 Å². The van der Waals surface area contributed by atoms with E-state index in [1.807, 2.05) is 0 Å². The van der Waals surface area contributed by atoms with Crippen molar-refractivity contribution in [2.24, 2.45) is 5.92 Å². The van der Waals surface area contributed by atoms with Crippen molar-refractivity contribution in [2.45, 2.75) is 342 Å². The molecular weight excluding hydrogens is 1150 g/mol. The maximum absolute atomic E-state index is 13.0. The van der Waals surface area contributed by atoms with E-state index in [9.17, 15) is 43.2 Å². The molecule has 0 radical (unpaired) electrons. The Labute approximate surface area is 529 Å². The Hall–Kier alpha value is -2.46. The van der Waals surface area contributed by atoms with Crippen LogP contribution in [0.1, 0.15) is 324 Å². The van der Waals surface area contributed by atoms with Gasteiger partial charge in [-0.15, -0.1) is 0 Å². The molecule has 0 heterocycles. The summed E-state index contributed by atoms with van der Waals surface area (Å²) < 4.78 is 68.0. The molecule has 0 bridgehead atoms. The zero-order valence-corrected chi connectivity index (χ0v) is 57.4. The number of unbranched alkanes of at least 4 members (excludes halogenated alkanes) is 35. The van der Waals surface area contributed by atoms with E-state index in [1.54, 1.807) is 0 Å². The number of allylic oxidation sites excluding steroid dienone is 4. The Balaban J connectivity index is 5.21. The van der Waals surface area contributed by atoms with Crippen LogP contribution in [-0.2, 0) is 65.4 Å². The number of carbonyl (C=O) groups excluding carboxylic acids is 4. The molecule has 2 unspecified atom stereocenters. The minimum Gasteiger partial charge on any atom is -0.462 e. The normalized spacial score (nSPS) is 14.3. The summed E-state index contributed by atoms with van der Waals surface area (Å²) in [5, 5.41) is 10.5. The van der Waals surface area contributed by atoms with Gasteiger partial charge in [-0.25, -0.2) is 9.13 Å². The van der Waals surface area contributed by atoms with Crippen molar-refractivity contribution in [3.63, 3.8) is 0 Å². The summed E-state index contributed by atoms with van der Waals surface area (Å²) >= 11 is 0. The Morgan fingerprint density at radius 3 is 0.943 bits per heavy atom. The van der Waals surface area contributed by atoms with E-state index in [0.29, 0.717) is 25.7 Å². The number of phosphoric ester groups is 2. The largest absolute Gasteiger partial charge is 0.472 e. The van der Waals surface area contributed by atoms with Crippen molar-refractivity contribution in [2.75, 3.05) is 39.6 Å². The molecule has 0 saturated carbocycles. The van der Waals surface area contributed by atoms with Crippen molar-refractivity contribution in [3.8, 4) is 0 Å². The summed E-state index contributed by atoms with van der Waals surface area (Å²) in [6.07, 6.45) is 49.7. The smallest absolute Gasteiger partial charge is 0.462 e. The summed E-state index contributed by atoms with van der Waals surface area (Å²) in [5.41, 5.74) is 0. The molecule has 87 heavy (non-hydrogen) atoms. The second-order valence-electron chi connectivity index (χ2n) is 24.4. The first kappa shape index (κ1) is 84.5. The quantitative estimate of drug-likeness (QED) is 0.0169. The van der Waals surface area contributed by atoms with Crippen LogP contribution in [0, 0.1) is 5.92 Å². The molecule has 512 valence electrons. The molecule has 0 fully saturated rings. The molecule has 0 rings (SSSR count). The fraction of sp³-hybridized carbons (Fsp3) is 0.882. The Morgan fingerprint density at radius 1 is 0.356 bits per heavy atom. The molecule has 0 aromatic heterocycles. The fourth-order valence-corrected chi connectivity index (χ4v) is 11.3. The van der Waals surface area contributed by atoms with Crippen molar-refractivity contribution >= 4 is 39.5 Å². The van der Waals surface area contributed by atoms with Crippen LogP contribution >= 0.6 is 15.6 Å². The molecule has 0 aliphatic heterocycles. The molecule has 0 aromatic carbocycles. The molecule has 3 N–H and O–H groups in total. The second-order valence-corrected chi connectivity index (χ2v) is 27.3. The average Bonchev–Trinajstić information content (AvgIpc) is 3.70. The number of aliphatic hydroxyl groups excluding tert-OH is 1. The van der Waals surface area contributed by atoms with Gasteiger partial charge < -0.3 is 33.8 Å². The van der Waals surface area contributed by atoms with E-state index in [1.165, 1.54) is 128 Å². The number of hydrogen-bond acceptors (Lipinski definition) is 15. The predicted octanol–water partition coefficient (Wildman–Crippen LogP) is 18.9. The van der Waals surface area contributed by atoms with Crippen LogP contribution in [0.2, 0.25) is 0 Å². The van der Waals surface area contributed by atoms with Gasteiger partial charge in [0.15, 0.2) is 12.2 Å². The van der Waals surface area contributed by atoms with Gasteiger partial charge in [0.2, 0.25) is 0 Å². The molecule has 0 aromatic rings.